The highest BCUT2D eigenvalue weighted by molar-refractivity contribution is 5.49. The van der Waals surface area contributed by atoms with Gasteiger partial charge in [0, 0.05) is 6.04 Å². The van der Waals surface area contributed by atoms with Gasteiger partial charge in [-0.3, -0.25) is 0 Å². The first-order valence-corrected chi connectivity index (χ1v) is 5.65. The van der Waals surface area contributed by atoms with Gasteiger partial charge in [-0.1, -0.05) is 0 Å². The maximum absolute atomic E-state index is 8.83. The van der Waals surface area contributed by atoms with E-state index in [4.69, 9.17) is 14.7 Å². The lowest BCUT2D eigenvalue weighted by atomic mass is 9.92. The fourth-order valence-corrected chi connectivity index (χ4v) is 2.24. The predicted molar refractivity (Wildman–Crippen MR) is 64.2 cm³/mol. The maximum Gasteiger partial charge on any atom is 0.161 e. The van der Waals surface area contributed by atoms with E-state index in [0.717, 1.165) is 30.0 Å². The number of hydrogen-bond acceptors (Lipinski definition) is 4. The molecular weight excluding hydrogens is 216 g/mol. The van der Waals surface area contributed by atoms with E-state index in [1.807, 2.05) is 12.1 Å². The smallest absolute Gasteiger partial charge is 0.161 e. The summed E-state index contributed by atoms with van der Waals surface area (Å²) in [5, 5.41) is 12.2. The van der Waals surface area contributed by atoms with E-state index in [1.54, 1.807) is 14.2 Å². The van der Waals surface area contributed by atoms with Gasteiger partial charge in [0.1, 0.15) is 0 Å². The standard InChI is InChI=1S/C13H16N2O2/c1-16-12-7-9-4-6-15-11(3-5-14)10(9)8-13(12)17-2/h7-8,11,15H,3-4,6H2,1-2H3. The highest BCUT2D eigenvalue weighted by atomic mass is 16.5. The van der Waals surface area contributed by atoms with Crippen molar-refractivity contribution in [3.63, 3.8) is 0 Å². The predicted octanol–water partition coefficient (Wildman–Crippen LogP) is 1.80. The van der Waals surface area contributed by atoms with E-state index in [-0.39, 0.29) is 6.04 Å². The van der Waals surface area contributed by atoms with Gasteiger partial charge in [-0.25, -0.2) is 0 Å². The molecule has 4 heteroatoms. The second-order valence-electron chi connectivity index (χ2n) is 4.02. The summed E-state index contributed by atoms with van der Waals surface area (Å²) < 4.78 is 10.6. The fourth-order valence-electron chi connectivity index (χ4n) is 2.24. The number of benzene rings is 1. The summed E-state index contributed by atoms with van der Waals surface area (Å²) in [5.74, 6) is 1.47. The molecule has 1 aromatic rings. The molecule has 0 saturated carbocycles. The van der Waals surface area contributed by atoms with Crippen molar-refractivity contribution in [1.82, 2.24) is 5.32 Å². The van der Waals surface area contributed by atoms with Crippen LogP contribution in [0.2, 0.25) is 0 Å². The lowest BCUT2D eigenvalue weighted by Gasteiger charge is -2.26. The van der Waals surface area contributed by atoms with Crippen LogP contribution in [0.1, 0.15) is 23.6 Å². The largest absolute Gasteiger partial charge is 0.493 e. The molecule has 2 rings (SSSR count). The van der Waals surface area contributed by atoms with E-state index in [2.05, 4.69) is 11.4 Å². The molecule has 0 radical (unpaired) electrons. The quantitative estimate of drug-likeness (QED) is 0.863. The van der Waals surface area contributed by atoms with Gasteiger partial charge >= 0.3 is 0 Å². The molecule has 1 atom stereocenters. The summed E-state index contributed by atoms with van der Waals surface area (Å²) >= 11 is 0. The van der Waals surface area contributed by atoms with Crippen LogP contribution in [0.3, 0.4) is 0 Å². The van der Waals surface area contributed by atoms with Crippen molar-refractivity contribution >= 4 is 0 Å². The van der Waals surface area contributed by atoms with Crippen molar-refractivity contribution in [2.24, 2.45) is 0 Å². The summed E-state index contributed by atoms with van der Waals surface area (Å²) in [7, 11) is 3.26. The number of rotatable bonds is 3. The van der Waals surface area contributed by atoms with Crippen molar-refractivity contribution in [1.29, 1.82) is 5.26 Å². The second-order valence-corrected chi connectivity index (χ2v) is 4.02. The van der Waals surface area contributed by atoms with Crippen molar-refractivity contribution in [3.8, 4) is 17.6 Å². The number of methoxy groups -OCH3 is 2. The maximum atomic E-state index is 8.83. The van der Waals surface area contributed by atoms with Gasteiger partial charge < -0.3 is 14.8 Å². The highest BCUT2D eigenvalue weighted by Gasteiger charge is 2.22. The van der Waals surface area contributed by atoms with Crippen LogP contribution in [0, 0.1) is 11.3 Å². The zero-order valence-electron chi connectivity index (χ0n) is 10.1. The summed E-state index contributed by atoms with van der Waals surface area (Å²) in [6.45, 7) is 0.898. The summed E-state index contributed by atoms with van der Waals surface area (Å²) in [4.78, 5) is 0. The molecule has 17 heavy (non-hydrogen) atoms. The topological polar surface area (TPSA) is 54.3 Å². The van der Waals surface area contributed by atoms with Crippen LogP contribution >= 0.6 is 0 Å². The minimum Gasteiger partial charge on any atom is -0.493 e. The van der Waals surface area contributed by atoms with E-state index in [1.165, 1.54) is 5.56 Å². The molecule has 1 N–H and O–H groups in total. The molecule has 1 heterocycles. The fraction of sp³-hybridized carbons (Fsp3) is 0.462. The van der Waals surface area contributed by atoms with Crippen LogP contribution in [-0.4, -0.2) is 20.8 Å². The minimum atomic E-state index is 0.101. The Morgan fingerprint density at radius 3 is 2.71 bits per heavy atom. The van der Waals surface area contributed by atoms with Gasteiger partial charge in [-0.2, -0.15) is 5.26 Å². The molecular formula is C13H16N2O2. The molecule has 1 unspecified atom stereocenters. The minimum absolute atomic E-state index is 0.101. The van der Waals surface area contributed by atoms with Crippen molar-refractivity contribution in [2.45, 2.75) is 18.9 Å². The number of fused-ring (bicyclic) bond motifs is 1. The zero-order chi connectivity index (χ0) is 12.3. The van der Waals surface area contributed by atoms with Gasteiger partial charge in [0.05, 0.1) is 26.7 Å². The average Bonchev–Trinajstić information content (AvgIpc) is 2.38. The molecule has 90 valence electrons. The number of nitrogens with one attached hydrogen (secondary N) is 1. The van der Waals surface area contributed by atoms with Crippen molar-refractivity contribution in [2.75, 3.05) is 20.8 Å². The first-order valence-electron chi connectivity index (χ1n) is 5.65. The van der Waals surface area contributed by atoms with Crippen LogP contribution in [-0.2, 0) is 6.42 Å². The molecule has 0 amide bonds. The molecule has 0 aromatic heterocycles. The number of hydrogen-bond donors (Lipinski definition) is 1. The first-order chi connectivity index (χ1) is 8.30. The normalized spacial score (nSPS) is 18.1. The van der Waals surface area contributed by atoms with Crippen LogP contribution in [0.4, 0.5) is 0 Å². The second kappa shape index (κ2) is 5.07. The molecule has 0 fully saturated rings. The van der Waals surface area contributed by atoms with Crippen LogP contribution < -0.4 is 14.8 Å². The third-order valence-electron chi connectivity index (χ3n) is 3.10. The highest BCUT2D eigenvalue weighted by Crippen LogP contribution is 2.35. The molecule has 1 aliphatic rings. The first kappa shape index (κ1) is 11.7. The van der Waals surface area contributed by atoms with Gasteiger partial charge in [-0.15, -0.1) is 0 Å². The van der Waals surface area contributed by atoms with E-state index in [0.29, 0.717) is 6.42 Å². The molecule has 1 aliphatic heterocycles. The van der Waals surface area contributed by atoms with Crippen LogP contribution in [0.15, 0.2) is 12.1 Å². The number of nitriles is 1. The third-order valence-corrected chi connectivity index (χ3v) is 3.10. The van der Waals surface area contributed by atoms with Gasteiger partial charge in [0.25, 0.3) is 0 Å². The number of ether oxygens (including phenoxy) is 2. The average molecular weight is 232 g/mol. The van der Waals surface area contributed by atoms with Gasteiger partial charge in [0.2, 0.25) is 0 Å². The Morgan fingerprint density at radius 2 is 2.06 bits per heavy atom. The lowest BCUT2D eigenvalue weighted by molar-refractivity contribution is 0.352. The lowest BCUT2D eigenvalue weighted by Crippen LogP contribution is -2.29. The molecule has 4 nitrogen and oxygen atoms in total. The molecule has 0 aliphatic carbocycles. The molecule has 0 spiro atoms. The van der Waals surface area contributed by atoms with Gasteiger partial charge in [0.15, 0.2) is 11.5 Å². The summed E-state index contributed by atoms with van der Waals surface area (Å²) in [6, 6.07) is 6.30. The monoisotopic (exact) mass is 232 g/mol. The van der Waals surface area contributed by atoms with Gasteiger partial charge in [-0.05, 0) is 36.2 Å². The third kappa shape index (κ3) is 2.20. The summed E-state index contributed by atoms with van der Waals surface area (Å²) in [6.07, 6.45) is 1.43. The Bertz CT molecular complexity index is 451. The number of nitrogens with zero attached hydrogens (tertiary/aromatic N) is 1. The molecule has 1 aromatic carbocycles. The Balaban J connectivity index is 2.44. The van der Waals surface area contributed by atoms with Crippen molar-refractivity contribution < 1.29 is 9.47 Å². The Kier molecular flexibility index (Phi) is 3.50. The molecule has 0 saturated heterocycles. The molecule has 0 bridgehead atoms. The summed E-state index contributed by atoms with van der Waals surface area (Å²) in [5.41, 5.74) is 2.39. The SMILES string of the molecule is COc1cc2c(cc1OC)C(CC#N)NCC2. The Hall–Kier alpha value is -1.73. The van der Waals surface area contributed by atoms with E-state index < -0.39 is 0 Å². The van der Waals surface area contributed by atoms with Crippen molar-refractivity contribution in [3.05, 3.63) is 23.3 Å². The Labute approximate surface area is 101 Å². The van der Waals surface area contributed by atoms with E-state index >= 15 is 0 Å². The van der Waals surface area contributed by atoms with E-state index in [9.17, 15) is 0 Å². The Morgan fingerprint density at radius 1 is 1.35 bits per heavy atom. The van der Waals surface area contributed by atoms with Crippen LogP contribution in [0.25, 0.3) is 0 Å². The van der Waals surface area contributed by atoms with Crippen LogP contribution in [0.5, 0.6) is 11.5 Å². The zero-order valence-corrected chi connectivity index (χ0v) is 10.1.